The SMILES string of the molecule is COc1cccc(NC(=O)c2ccccc2N(C)S(=O)(=O)c2cccc3nsnc23)c1. The summed E-state index contributed by atoms with van der Waals surface area (Å²) >= 11 is 0.946. The van der Waals surface area contributed by atoms with Gasteiger partial charge in [0.1, 0.15) is 21.7 Å². The monoisotopic (exact) mass is 454 g/mol. The number of carbonyl (C=O) groups is 1. The fourth-order valence-corrected chi connectivity index (χ4v) is 5.07. The summed E-state index contributed by atoms with van der Waals surface area (Å²) in [5, 5.41) is 2.78. The van der Waals surface area contributed by atoms with Gasteiger partial charge >= 0.3 is 0 Å². The Labute approximate surface area is 183 Å². The molecule has 1 N–H and O–H groups in total. The molecule has 0 aliphatic carbocycles. The van der Waals surface area contributed by atoms with E-state index in [1.54, 1.807) is 60.7 Å². The number of para-hydroxylation sites is 1. The minimum Gasteiger partial charge on any atom is -0.497 e. The summed E-state index contributed by atoms with van der Waals surface area (Å²) in [5.74, 6) is 0.148. The van der Waals surface area contributed by atoms with Crippen molar-refractivity contribution in [2.24, 2.45) is 0 Å². The van der Waals surface area contributed by atoms with E-state index in [0.29, 0.717) is 22.5 Å². The molecule has 31 heavy (non-hydrogen) atoms. The van der Waals surface area contributed by atoms with Gasteiger partial charge in [-0.25, -0.2) is 8.42 Å². The molecule has 8 nitrogen and oxygen atoms in total. The van der Waals surface area contributed by atoms with Crippen molar-refractivity contribution < 1.29 is 17.9 Å². The van der Waals surface area contributed by atoms with Gasteiger partial charge in [-0.1, -0.05) is 24.3 Å². The molecule has 0 spiro atoms. The van der Waals surface area contributed by atoms with Crippen LogP contribution >= 0.6 is 11.7 Å². The third-order valence-electron chi connectivity index (χ3n) is 4.70. The maximum absolute atomic E-state index is 13.4. The fraction of sp³-hybridized carbons (Fsp3) is 0.0952. The molecule has 0 saturated carbocycles. The molecule has 1 aromatic heterocycles. The lowest BCUT2D eigenvalue weighted by Crippen LogP contribution is -2.29. The number of hydrogen-bond donors (Lipinski definition) is 1. The van der Waals surface area contributed by atoms with Gasteiger partial charge in [-0.15, -0.1) is 0 Å². The molecule has 0 saturated heterocycles. The standard InChI is InChI=1S/C21H18N4O4S2/c1-25(31(27,28)19-12-6-10-17-20(19)24-30-23-17)18-11-4-3-9-16(18)21(26)22-14-7-5-8-15(13-14)29-2/h3-13H,1-2H3,(H,22,26). The normalized spacial score (nSPS) is 11.3. The number of aromatic nitrogens is 2. The molecule has 0 aliphatic rings. The van der Waals surface area contributed by atoms with E-state index >= 15 is 0 Å². The van der Waals surface area contributed by atoms with Gasteiger partial charge in [0.2, 0.25) is 0 Å². The van der Waals surface area contributed by atoms with Gasteiger partial charge in [-0.05, 0) is 36.4 Å². The molecule has 1 heterocycles. The maximum atomic E-state index is 13.4. The van der Waals surface area contributed by atoms with Crippen molar-refractivity contribution in [3.8, 4) is 5.75 Å². The number of amides is 1. The van der Waals surface area contributed by atoms with E-state index in [1.807, 2.05) is 0 Å². The molecule has 0 aliphatic heterocycles. The Morgan fingerprint density at radius 3 is 2.61 bits per heavy atom. The number of nitrogens with zero attached hydrogens (tertiary/aromatic N) is 3. The van der Waals surface area contributed by atoms with Crippen molar-refractivity contribution in [3.63, 3.8) is 0 Å². The quantitative estimate of drug-likeness (QED) is 0.476. The van der Waals surface area contributed by atoms with E-state index in [0.717, 1.165) is 16.0 Å². The van der Waals surface area contributed by atoms with Crippen molar-refractivity contribution in [3.05, 3.63) is 72.3 Å². The third-order valence-corrected chi connectivity index (χ3v) is 7.05. The van der Waals surface area contributed by atoms with Gasteiger partial charge in [-0.3, -0.25) is 9.10 Å². The van der Waals surface area contributed by atoms with Crippen LogP contribution in [0.3, 0.4) is 0 Å². The Morgan fingerprint density at radius 2 is 1.81 bits per heavy atom. The number of anilines is 2. The minimum atomic E-state index is -3.99. The van der Waals surface area contributed by atoms with Gasteiger partial charge in [0, 0.05) is 18.8 Å². The fourth-order valence-electron chi connectivity index (χ4n) is 3.11. The number of rotatable bonds is 6. The second-order valence-electron chi connectivity index (χ2n) is 6.56. The maximum Gasteiger partial charge on any atom is 0.266 e. The molecule has 0 atom stereocenters. The molecule has 4 aromatic rings. The van der Waals surface area contributed by atoms with Crippen LogP contribution in [0.25, 0.3) is 11.0 Å². The van der Waals surface area contributed by atoms with E-state index in [4.69, 9.17) is 4.74 Å². The molecule has 0 unspecified atom stereocenters. The zero-order chi connectivity index (χ0) is 22.0. The molecule has 0 bridgehead atoms. The van der Waals surface area contributed by atoms with E-state index in [2.05, 4.69) is 14.1 Å². The molecule has 4 rings (SSSR count). The van der Waals surface area contributed by atoms with Crippen molar-refractivity contribution in [2.75, 3.05) is 23.8 Å². The van der Waals surface area contributed by atoms with E-state index < -0.39 is 15.9 Å². The average Bonchev–Trinajstić information content (AvgIpc) is 3.27. The number of sulfonamides is 1. The molecule has 10 heteroatoms. The molecule has 0 fully saturated rings. The Bertz CT molecular complexity index is 1370. The second kappa shape index (κ2) is 8.32. The lowest BCUT2D eigenvalue weighted by Gasteiger charge is -2.22. The highest BCUT2D eigenvalue weighted by molar-refractivity contribution is 7.93. The molecule has 158 valence electrons. The Morgan fingerprint density at radius 1 is 1.03 bits per heavy atom. The third kappa shape index (κ3) is 3.94. The predicted molar refractivity (Wildman–Crippen MR) is 120 cm³/mol. The molecular formula is C21H18N4O4S2. The van der Waals surface area contributed by atoms with Crippen LogP contribution in [0.5, 0.6) is 5.75 Å². The number of ether oxygens (including phenoxy) is 1. The summed E-state index contributed by atoms with van der Waals surface area (Å²) in [4.78, 5) is 13.0. The summed E-state index contributed by atoms with van der Waals surface area (Å²) in [6.07, 6.45) is 0. The topological polar surface area (TPSA) is 101 Å². The number of hydrogen-bond acceptors (Lipinski definition) is 7. The van der Waals surface area contributed by atoms with Crippen LogP contribution in [0.1, 0.15) is 10.4 Å². The van der Waals surface area contributed by atoms with Gasteiger partial charge in [0.25, 0.3) is 15.9 Å². The summed E-state index contributed by atoms with van der Waals surface area (Å²) in [6.45, 7) is 0. The first-order chi connectivity index (χ1) is 14.9. The Kier molecular flexibility index (Phi) is 5.57. The first-order valence-corrected chi connectivity index (χ1v) is 11.3. The Hall–Kier alpha value is -3.50. The minimum absolute atomic E-state index is 0.0317. The van der Waals surface area contributed by atoms with E-state index in [-0.39, 0.29) is 16.1 Å². The molecular weight excluding hydrogens is 436 g/mol. The van der Waals surface area contributed by atoms with Gasteiger partial charge in [0.15, 0.2) is 0 Å². The zero-order valence-electron chi connectivity index (χ0n) is 16.6. The van der Waals surface area contributed by atoms with Crippen LogP contribution in [0.2, 0.25) is 0 Å². The number of carbonyl (C=O) groups excluding carboxylic acids is 1. The first-order valence-electron chi connectivity index (χ1n) is 9.16. The summed E-state index contributed by atoms with van der Waals surface area (Å²) in [5.41, 5.74) is 1.78. The predicted octanol–water partition coefficient (Wildman–Crippen LogP) is 3.78. The van der Waals surface area contributed by atoms with Crippen molar-refractivity contribution in [1.29, 1.82) is 0 Å². The van der Waals surface area contributed by atoms with Crippen LogP contribution in [-0.2, 0) is 10.0 Å². The van der Waals surface area contributed by atoms with Gasteiger partial charge < -0.3 is 10.1 Å². The molecule has 0 radical (unpaired) electrons. The van der Waals surface area contributed by atoms with Crippen molar-refractivity contribution in [1.82, 2.24) is 8.75 Å². The summed E-state index contributed by atoms with van der Waals surface area (Å²) < 4.78 is 41.2. The van der Waals surface area contributed by atoms with Crippen LogP contribution < -0.4 is 14.4 Å². The summed E-state index contributed by atoms with van der Waals surface area (Å²) in [7, 11) is -1.05. The number of nitrogens with one attached hydrogen (secondary N) is 1. The average molecular weight is 455 g/mol. The zero-order valence-corrected chi connectivity index (χ0v) is 18.3. The number of fused-ring (bicyclic) bond motifs is 1. The van der Waals surface area contributed by atoms with Crippen molar-refractivity contribution >= 4 is 50.1 Å². The highest BCUT2D eigenvalue weighted by Crippen LogP contribution is 2.30. The summed E-state index contributed by atoms with van der Waals surface area (Å²) in [6, 6.07) is 18.2. The second-order valence-corrected chi connectivity index (χ2v) is 9.03. The van der Waals surface area contributed by atoms with Crippen molar-refractivity contribution in [2.45, 2.75) is 4.90 Å². The van der Waals surface area contributed by atoms with Crippen LogP contribution in [0.4, 0.5) is 11.4 Å². The largest absolute Gasteiger partial charge is 0.497 e. The lowest BCUT2D eigenvalue weighted by molar-refractivity contribution is 0.102. The number of benzene rings is 3. The van der Waals surface area contributed by atoms with Gasteiger partial charge in [-0.2, -0.15) is 8.75 Å². The first kappa shape index (κ1) is 20.8. The van der Waals surface area contributed by atoms with Gasteiger partial charge in [0.05, 0.1) is 30.1 Å². The van der Waals surface area contributed by atoms with Crippen LogP contribution in [0.15, 0.2) is 71.6 Å². The van der Waals surface area contributed by atoms with E-state index in [9.17, 15) is 13.2 Å². The molecule has 1 amide bonds. The van der Waals surface area contributed by atoms with Crippen LogP contribution in [-0.4, -0.2) is 37.2 Å². The van der Waals surface area contributed by atoms with Crippen LogP contribution in [0, 0.1) is 0 Å². The lowest BCUT2D eigenvalue weighted by atomic mass is 10.1. The highest BCUT2D eigenvalue weighted by Gasteiger charge is 2.28. The highest BCUT2D eigenvalue weighted by atomic mass is 32.2. The smallest absolute Gasteiger partial charge is 0.266 e. The molecule has 3 aromatic carbocycles. The van der Waals surface area contributed by atoms with E-state index in [1.165, 1.54) is 20.2 Å². The number of methoxy groups -OCH3 is 1. The Balaban J connectivity index is 1.70.